The average molecular weight is 288 g/mol. The van der Waals surface area contributed by atoms with Crippen LogP contribution in [0.5, 0.6) is 0 Å². The first-order valence-corrected chi connectivity index (χ1v) is 8.09. The van der Waals surface area contributed by atoms with Gasteiger partial charge in [-0.1, -0.05) is 30.3 Å². The van der Waals surface area contributed by atoms with Crippen LogP contribution in [0.1, 0.15) is 25.0 Å². The van der Waals surface area contributed by atoms with Crippen LogP contribution in [0, 0.1) is 5.92 Å². The molecular weight excluding hydrogens is 268 g/mol. The highest BCUT2D eigenvalue weighted by molar-refractivity contribution is 7.13. The number of hydrogen-bond donors (Lipinski definition) is 2. The van der Waals surface area contributed by atoms with Crippen molar-refractivity contribution >= 4 is 11.3 Å². The lowest BCUT2D eigenvalue weighted by Crippen LogP contribution is -2.31. The lowest BCUT2D eigenvalue weighted by molar-refractivity contribution is 0.255. The Morgan fingerprint density at radius 2 is 2.10 bits per heavy atom. The maximum Gasteiger partial charge on any atom is 0.123 e. The normalized spacial score (nSPS) is 16.2. The van der Waals surface area contributed by atoms with Crippen LogP contribution < -0.4 is 5.32 Å². The van der Waals surface area contributed by atoms with Gasteiger partial charge in [-0.15, -0.1) is 11.3 Å². The minimum Gasteiger partial charge on any atom is -0.396 e. The molecule has 1 atom stereocenters. The summed E-state index contributed by atoms with van der Waals surface area (Å²) < 4.78 is 0. The lowest BCUT2D eigenvalue weighted by atomic mass is 10.1. The monoisotopic (exact) mass is 288 g/mol. The molecule has 2 N–H and O–H groups in total. The molecule has 20 heavy (non-hydrogen) atoms. The van der Waals surface area contributed by atoms with Crippen molar-refractivity contribution < 1.29 is 5.11 Å². The van der Waals surface area contributed by atoms with Crippen LogP contribution in [0.2, 0.25) is 0 Å². The standard InChI is InChI=1S/C16H20N2OS/c19-9-8-15(12-6-7-12)17-10-14-11-20-16(18-14)13-4-2-1-3-5-13/h1-5,11-12,15,17,19H,6-10H2. The van der Waals surface area contributed by atoms with Gasteiger partial charge < -0.3 is 10.4 Å². The van der Waals surface area contributed by atoms with Crippen LogP contribution in [0.25, 0.3) is 10.6 Å². The number of aliphatic hydroxyl groups is 1. The lowest BCUT2D eigenvalue weighted by Gasteiger charge is -2.16. The van der Waals surface area contributed by atoms with E-state index in [0.717, 1.165) is 29.6 Å². The zero-order chi connectivity index (χ0) is 13.8. The summed E-state index contributed by atoms with van der Waals surface area (Å²) in [5.41, 5.74) is 2.27. The molecule has 1 saturated carbocycles. The number of hydrogen-bond acceptors (Lipinski definition) is 4. The molecule has 0 bridgehead atoms. The molecule has 0 spiro atoms. The first-order chi connectivity index (χ1) is 9.86. The third-order valence-corrected chi connectivity index (χ3v) is 4.69. The van der Waals surface area contributed by atoms with Crippen LogP contribution in [-0.2, 0) is 6.54 Å². The van der Waals surface area contributed by atoms with Gasteiger partial charge in [0, 0.05) is 30.1 Å². The van der Waals surface area contributed by atoms with Gasteiger partial charge in [-0.05, 0) is 25.2 Å². The molecule has 0 saturated heterocycles. The van der Waals surface area contributed by atoms with E-state index < -0.39 is 0 Å². The summed E-state index contributed by atoms with van der Waals surface area (Å²) in [5, 5.41) is 15.9. The summed E-state index contributed by atoms with van der Waals surface area (Å²) in [5.74, 6) is 0.759. The number of rotatable bonds is 7. The smallest absolute Gasteiger partial charge is 0.123 e. The van der Waals surface area contributed by atoms with Gasteiger partial charge in [0.05, 0.1) is 5.69 Å². The van der Waals surface area contributed by atoms with Crippen molar-refractivity contribution in [3.05, 3.63) is 41.4 Å². The van der Waals surface area contributed by atoms with Crippen LogP contribution in [0.15, 0.2) is 35.7 Å². The molecule has 1 aromatic heterocycles. The van der Waals surface area contributed by atoms with E-state index in [0.29, 0.717) is 6.04 Å². The Balaban J connectivity index is 1.59. The van der Waals surface area contributed by atoms with Crippen molar-refractivity contribution in [2.45, 2.75) is 31.8 Å². The number of thiazole rings is 1. The molecule has 106 valence electrons. The van der Waals surface area contributed by atoms with Gasteiger partial charge >= 0.3 is 0 Å². The molecule has 2 aromatic rings. The predicted octanol–water partition coefficient (Wildman–Crippen LogP) is 3.06. The third-order valence-electron chi connectivity index (χ3n) is 3.75. The maximum absolute atomic E-state index is 9.11. The predicted molar refractivity (Wildman–Crippen MR) is 82.6 cm³/mol. The molecule has 3 rings (SSSR count). The van der Waals surface area contributed by atoms with Crippen molar-refractivity contribution in [2.75, 3.05) is 6.61 Å². The van der Waals surface area contributed by atoms with Crippen molar-refractivity contribution in [3.63, 3.8) is 0 Å². The van der Waals surface area contributed by atoms with Gasteiger partial charge in [-0.2, -0.15) is 0 Å². The molecule has 1 aliphatic carbocycles. The van der Waals surface area contributed by atoms with E-state index in [9.17, 15) is 0 Å². The maximum atomic E-state index is 9.11. The van der Waals surface area contributed by atoms with Gasteiger partial charge in [0.25, 0.3) is 0 Å². The minimum absolute atomic E-state index is 0.264. The quantitative estimate of drug-likeness (QED) is 0.823. The second kappa shape index (κ2) is 6.48. The molecule has 4 heteroatoms. The second-order valence-corrected chi connectivity index (χ2v) is 6.21. The second-order valence-electron chi connectivity index (χ2n) is 5.35. The van der Waals surface area contributed by atoms with E-state index in [4.69, 9.17) is 5.11 Å². The highest BCUT2D eigenvalue weighted by Gasteiger charge is 2.30. The summed E-state index contributed by atoms with van der Waals surface area (Å²) in [4.78, 5) is 4.69. The highest BCUT2D eigenvalue weighted by Crippen LogP contribution is 2.34. The molecule has 1 fully saturated rings. The van der Waals surface area contributed by atoms with Crippen molar-refractivity contribution in [3.8, 4) is 10.6 Å². The first-order valence-electron chi connectivity index (χ1n) is 7.21. The minimum atomic E-state index is 0.264. The van der Waals surface area contributed by atoms with Gasteiger partial charge in [0.2, 0.25) is 0 Å². The first kappa shape index (κ1) is 13.7. The van der Waals surface area contributed by atoms with Gasteiger partial charge in [-0.3, -0.25) is 0 Å². The molecular formula is C16H20N2OS. The van der Waals surface area contributed by atoms with Crippen molar-refractivity contribution in [1.82, 2.24) is 10.3 Å². The topological polar surface area (TPSA) is 45.1 Å². The molecule has 0 radical (unpaired) electrons. The average Bonchev–Trinajstić information content (AvgIpc) is 3.22. The Kier molecular flexibility index (Phi) is 4.45. The van der Waals surface area contributed by atoms with Gasteiger partial charge in [0.15, 0.2) is 0 Å². The largest absolute Gasteiger partial charge is 0.396 e. The fourth-order valence-corrected chi connectivity index (χ4v) is 3.31. The number of benzene rings is 1. The molecule has 1 aliphatic rings. The Labute approximate surface area is 123 Å². The van der Waals surface area contributed by atoms with Crippen molar-refractivity contribution in [1.29, 1.82) is 0 Å². The molecule has 3 nitrogen and oxygen atoms in total. The van der Waals surface area contributed by atoms with Crippen molar-refractivity contribution in [2.24, 2.45) is 5.92 Å². The third kappa shape index (κ3) is 3.45. The summed E-state index contributed by atoms with van der Waals surface area (Å²) in [7, 11) is 0. The molecule has 1 unspecified atom stereocenters. The molecule has 0 aliphatic heterocycles. The van der Waals surface area contributed by atoms with E-state index in [1.807, 2.05) is 18.2 Å². The Morgan fingerprint density at radius 3 is 2.80 bits per heavy atom. The van der Waals surface area contributed by atoms with E-state index in [1.165, 1.54) is 18.4 Å². The SMILES string of the molecule is OCCC(NCc1csc(-c2ccccc2)n1)C1CC1. The van der Waals surface area contributed by atoms with Crippen LogP contribution in [-0.4, -0.2) is 22.7 Å². The fourth-order valence-electron chi connectivity index (χ4n) is 2.48. The molecule has 1 heterocycles. The molecule has 0 amide bonds. The van der Waals surface area contributed by atoms with E-state index >= 15 is 0 Å². The van der Waals surface area contributed by atoms with Gasteiger partial charge in [0.1, 0.15) is 5.01 Å². The Bertz CT molecular complexity index is 536. The number of aromatic nitrogens is 1. The zero-order valence-corrected chi connectivity index (χ0v) is 12.3. The number of nitrogens with one attached hydrogen (secondary N) is 1. The number of aliphatic hydroxyl groups excluding tert-OH is 1. The highest BCUT2D eigenvalue weighted by atomic mass is 32.1. The summed E-state index contributed by atoms with van der Waals surface area (Å²) in [6.07, 6.45) is 3.44. The summed E-state index contributed by atoms with van der Waals surface area (Å²) in [6.45, 7) is 1.06. The van der Waals surface area contributed by atoms with Crippen LogP contribution in [0.3, 0.4) is 0 Å². The van der Waals surface area contributed by atoms with Crippen LogP contribution in [0.4, 0.5) is 0 Å². The summed E-state index contributed by atoms with van der Waals surface area (Å²) >= 11 is 1.69. The van der Waals surface area contributed by atoms with E-state index in [-0.39, 0.29) is 6.61 Å². The van der Waals surface area contributed by atoms with E-state index in [2.05, 4.69) is 27.8 Å². The van der Waals surface area contributed by atoms with Gasteiger partial charge in [-0.25, -0.2) is 4.98 Å². The zero-order valence-electron chi connectivity index (χ0n) is 11.5. The Morgan fingerprint density at radius 1 is 1.30 bits per heavy atom. The van der Waals surface area contributed by atoms with Crippen LogP contribution >= 0.6 is 11.3 Å². The molecule has 1 aromatic carbocycles. The Hall–Kier alpha value is -1.23. The fraction of sp³-hybridized carbons (Fsp3) is 0.438. The number of nitrogens with zero attached hydrogens (tertiary/aromatic N) is 1. The van der Waals surface area contributed by atoms with E-state index in [1.54, 1.807) is 11.3 Å². The summed E-state index contributed by atoms with van der Waals surface area (Å²) in [6, 6.07) is 10.7.